The summed E-state index contributed by atoms with van der Waals surface area (Å²) in [6, 6.07) is 4.00. The molecule has 0 aliphatic heterocycles. The van der Waals surface area contributed by atoms with Crippen LogP contribution < -0.4 is 0 Å². The zero-order valence-electron chi connectivity index (χ0n) is 12.7. The van der Waals surface area contributed by atoms with Crippen molar-refractivity contribution >= 4 is 18.0 Å². The average molecular weight is 280 g/mol. The SMILES string of the molecule is CC(C)(C)c1cc(SCC=O)cc(C(C)(C)C)c1O. The second-order valence-electron chi connectivity index (χ2n) is 6.84. The molecule has 0 atom stereocenters. The molecule has 0 radical (unpaired) electrons. The van der Waals surface area contributed by atoms with Gasteiger partial charge in [-0.25, -0.2) is 0 Å². The number of carbonyl (C=O) groups excluding carboxylic acids is 1. The number of hydrogen-bond donors (Lipinski definition) is 1. The van der Waals surface area contributed by atoms with Gasteiger partial charge in [0.15, 0.2) is 0 Å². The highest BCUT2D eigenvalue weighted by molar-refractivity contribution is 7.99. The van der Waals surface area contributed by atoms with E-state index >= 15 is 0 Å². The molecule has 1 rings (SSSR count). The van der Waals surface area contributed by atoms with Crippen LogP contribution in [0.15, 0.2) is 17.0 Å². The van der Waals surface area contributed by atoms with E-state index in [0.717, 1.165) is 22.3 Å². The Morgan fingerprint density at radius 2 is 1.47 bits per heavy atom. The molecule has 3 heteroatoms. The van der Waals surface area contributed by atoms with E-state index in [-0.39, 0.29) is 10.8 Å². The van der Waals surface area contributed by atoms with Crippen LogP contribution in [0.5, 0.6) is 5.75 Å². The fourth-order valence-electron chi connectivity index (χ4n) is 1.96. The molecule has 1 aromatic rings. The van der Waals surface area contributed by atoms with Crippen LogP contribution in [0.4, 0.5) is 0 Å². The van der Waals surface area contributed by atoms with Crippen LogP contribution in [0.2, 0.25) is 0 Å². The van der Waals surface area contributed by atoms with Crippen LogP contribution in [-0.4, -0.2) is 17.1 Å². The number of rotatable bonds is 3. The molecule has 0 amide bonds. The van der Waals surface area contributed by atoms with Crippen LogP contribution in [0.3, 0.4) is 0 Å². The third-order valence-corrected chi connectivity index (χ3v) is 3.89. The number of phenols is 1. The first-order valence-electron chi connectivity index (χ1n) is 6.52. The summed E-state index contributed by atoms with van der Waals surface area (Å²) in [5, 5.41) is 10.5. The van der Waals surface area contributed by atoms with Crippen molar-refractivity contribution in [2.24, 2.45) is 0 Å². The Morgan fingerprint density at radius 3 is 1.79 bits per heavy atom. The summed E-state index contributed by atoms with van der Waals surface area (Å²) in [5.74, 6) is 0.827. The Bertz CT molecular complexity index is 430. The van der Waals surface area contributed by atoms with Gasteiger partial charge in [-0.1, -0.05) is 41.5 Å². The summed E-state index contributed by atoms with van der Waals surface area (Å²) in [6.45, 7) is 12.5. The fourth-order valence-corrected chi connectivity index (χ4v) is 2.63. The number of phenolic OH excluding ortho intramolecular Hbond substituents is 1. The Kier molecular flexibility index (Phi) is 4.72. The van der Waals surface area contributed by atoms with Gasteiger partial charge in [-0.15, -0.1) is 11.8 Å². The normalized spacial score (nSPS) is 12.5. The van der Waals surface area contributed by atoms with Crippen molar-refractivity contribution in [1.82, 2.24) is 0 Å². The van der Waals surface area contributed by atoms with E-state index in [0.29, 0.717) is 11.5 Å². The summed E-state index contributed by atoms with van der Waals surface area (Å²) < 4.78 is 0. The summed E-state index contributed by atoms with van der Waals surface area (Å²) in [5.41, 5.74) is 1.63. The molecule has 1 N–H and O–H groups in total. The van der Waals surface area contributed by atoms with Crippen molar-refractivity contribution in [2.75, 3.05) is 5.75 Å². The van der Waals surface area contributed by atoms with E-state index < -0.39 is 0 Å². The topological polar surface area (TPSA) is 37.3 Å². The van der Waals surface area contributed by atoms with Gasteiger partial charge in [0.05, 0.1) is 5.75 Å². The van der Waals surface area contributed by atoms with Crippen molar-refractivity contribution in [3.63, 3.8) is 0 Å². The molecule has 0 aliphatic carbocycles. The lowest BCUT2D eigenvalue weighted by Crippen LogP contribution is -2.17. The van der Waals surface area contributed by atoms with Crippen LogP contribution in [-0.2, 0) is 15.6 Å². The fraction of sp³-hybridized carbons (Fsp3) is 0.562. The molecule has 0 bridgehead atoms. The van der Waals surface area contributed by atoms with Gasteiger partial charge in [0.1, 0.15) is 12.0 Å². The van der Waals surface area contributed by atoms with Crippen LogP contribution in [0, 0.1) is 0 Å². The van der Waals surface area contributed by atoms with Crippen molar-refractivity contribution < 1.29 is 9.90 Å². The molecule has 0 spiro atoms. The van der Waals surface area contributed by atoms with Crippen LogP contribution >= 0.6 is 11.8 Å². The van der Waals surface area contributed by atoms with E-state index in [1.54, 1.807) is 0 Å². The van der Waals surface area contributed by atoms with Crippen LogP contribution in [0.25, 0.3) is 0 Å². The van der Waals surface area contributed by atoms with Crippen molar-refractivity contribution in [1.29, 1.82) is 0 Å². The zero-order valence-corrected chi connectivity index (χ0v) is 13.5. The maximum Gasteiger partial charge on any atom is 0.130 e. The average Bonchev–Trinajstić information content (AvgIpc) is 2.24. The van der Waals surface area contributed by atoms with Gasteiger partial charge in [-0.2, -0.15) is 0 Å². The minimum atomic E-state index is -0.123. The van der Waals surface area contributed by atoms with E-state index in [4.69, 9.17) is 0 Å². The number of aromatic hydroxyl groups is 1. The van der Waals surface area contributed by atoms with Gasteiger partial charge in [0, 0.05) is 16.0 Å². The molecule has 0 saturated carbocycles. The lowest BCUT2D eigenvalue weighted by molar-refractivity contribution is -0.105. The lowest BCUT2D eigenvalue weighted by Gasteiger charge is -2.28. The summed E-state index contributed by atoms with van der Waals surface area (Å²) in [6.07, 6.45) is 0.908. The molecule has 0 fully saturated rings. The molecule has 2 nitrogen and oxygen atoms in total. The molecule has 0 unspecified atom stereocenters. The molecule has 0 aliphatic rings. The highest BCUT2D eigenvalue weighted by Gasteiger charge is 2.26. The van der Waals surface area contributed by atoms with Crippen molar-refractivity contribution in [3.8, 4) is 5.75 Å². The first-order chi connectivity index (χ1) is 8.57. The largest absolute Gasteiger partial charge is 0.507 e. The number of hydrogen-bond acceptors (Lipinski definition) is 3. The summed E-state index contributed by atoms with van der Waals surface area (Å²) >= 11 is 1.51. The standard InChI is InChI=1S/C16H24O2S/c1-15(2,3)12-9-11(19-8-7-17)10-13(14(12)18)16(4,5)6/h7,9-10,18H,8H2,1-6H3. The Morgan fingerprint density at radius 1 is 1.05 bits per heavy atom. The monoisotopic (exact) mass is 280 g/mol. The quantitative estimate of drug-likeness (QED) is 0.663. The third kappa shape index (κ3) is 4.00. The van der Waals surface area contributed by atoms with Crippen LogP contribution in [0.1, 0.15) is 52.7 Å². The van der Waals surface area contributed by atoms with Gasteiger partial charge >= 0.3 is 0 Å². The first kappa shape index (κ1) is 16.1. The number of carbonyl (C=O) groups is 1. The van der Waals surface area contributed by atoms with Crippen molar-refractivity contribution in [3.05, 3.63) is 23.3 Å². The van der Waals surface area contributed by atoms with Gasteiger partial charge in [-0.3, -0.25) is 0 Å². The maximum atomic E-state index is 10.5. The Hall–Kier alpha value is -0.960. The highest BCUT2D eigenvalue weighted by Crippen LogP contribution is 2.41. The molecule has 19 heavy (non-hydrogen) atoms. The molecular formula is C16H24O2S. The number of thioether (sulfide) groups is 1. The van der Waals surface area contributed by atoms with Gasteiger partial charge in [0.2, 0.25) is 0 Å². The predicted octanol–water partition coefficient (Wildman–Crippen LogP) is 4.28. The van der Waals surface area contributed by atoms with Gasteiger partial charge in [-0.05, 0) is 23.0 Å². The maximum absolute atomic E-state index is 10.5. The molecule has 1 aromatic carbocycles. The first-order valence-corrected chi connectivity index (χ1v) is 7.50. The lowest BCUT2D eigenvalue weighted by atomic mass is 9.79. The smallest absolute Gasteiger partial charge is 0.130 e. The third-order valence-electron chi connectivity index (χ3n) is 3.02. The second kappa shape index (κ2) is 5.58. The van der Waals surface area contributed by atoms with E-state index in [2.05, 4.69) is 41.5 Å². The molecule has 0 aromatic heterocycles. The highest BCUT2D eigenvalue weighted by atomic mass is 32.2. The molecule has 106 valence electrons. The minimum Gasteiger partial charge on any atom is -0.507 e. The molecule has 0 heterocycles. The van der Waals surface area contributed by atoms with E-state index in [1.165, 1.54) is 11.8 Å². The van der Waals surface area contributed by atoms with Gasteiger partial charge < -0.3 is 9.90 Å². The zero-order chi connectivity index (χ0) is 14.8. The second-order valence-corrected chi connectivity index (χ2v) is 7.94. The Balaban J connectivity index is 3.43. The predicted molar refractivity (Wildman–Crippen MR) is 82.3 cm³/mol. The van der Waals surface area contributed by atoms with E-state index in [9.17, 15) is 9.90 Å². The summed E-state index contributed by atoms with van der Waals surface area (Å²) in [4.78, 5) is 11.6. The number of aldehydes is 1. The van der Waals surface area contributed by atoms with Crippen molar-refractivity contribution in [2.45, 2.75) is 57.3 Å². The Labute approximate surface area is 120 Å². The van der Waals surface area contributed by atoms with Gasteiger partial charge in [0.25, 0.3) is 0 Å². The number of benzene rings is 1. The van der Waals surface area contributed by atoms with E-state index in [1.807, 2.05) is 12.1 Å². The summed E-state index contributed by atoms with van der Waals surface area (Å²) in [7, 11) is 0. The molecule has 0 saturated heterocycles. The minimum absolute atomic E-state index is 0.123. The molecular weight excluding hydrogens is 256 g/mol.